The first kappa shape index (κ1) is 15.3. The number of anilines is 1. The Kier molecular flexibility index (Phi) is 3.91. The fourth-order valence-electron chi connectivity index (χ4n) is 1.56. The molecule has 0 aliphatic rings. The summed E-state index contributed by atoms with van der Waals surface area (Å²) in [5.41, 5.74) is -0.195. The van der Waals surface area contributed by atoms with Crippen LogP contribution in [-0.2, 0) is 16.2 Å². The molecule has 21 heavy (non-hydrogen) atoms. The van der Waals surface area contributed by atoms with Gasteiger partial charge in [-0.3, -0.25) is 4.72 Å². The van der Waals surface area contributed by atoms with Crippen molar-refractivity contribution < 1.29 is 21.6 Å². The summed E-state index contributed by atoms with van der Waals surface area (Å²) in [7, 11) is -4.12. The molecule has 0 fully saturated rings. The quantitative estimate of drug-likeness (QED) is 0.946. The molecular formula is C13H11F3N2O2S. The Labute approximate surface area is 119 Å². The Hall–Kier alpha value is -2.09. The summed E-state index contributed by atoms with van der Waals surface area (Å²) in [4.78, 5) is 3.38. The Morgan fingerprint density at radius 2 is 1.86 bits per heavy atom. The number of nitrogens with zero attached hydrogens (tertiary/aromatic N) is 1. The lowest BCUT2D eigenvalue weighted by molar-refractivity contribution is -0.137. The van der Waals surface area contributed by atoms with Crippen molar-refractivity contribution in [3.05, 3.63) is 53.7 Å². The number of sulfonamides is 1. The molecule has 1 aromatic heterocycles. The van der Waals surface area contributed by atoms with E-state index in [0.717, 1.165) is 23.8 Å². The topological polar surface area (TPSA) is 59.1 Å². The second kappa shape index (κ2) is 5.36. The normalized spacial score (nSPS) is 12.2. The van der Waals surface area contributed by atoms with Gasteiger partial charge in [-0.05, 0) is 36.8 Å². The fourth-order valence-corrected chi connectivity index (χ4v) is 2.62. The maximum atomic E-state index is 12.6. The highest BCUT2D eigenvalue weighted by molar-refractivity contribution is 7.92. The molecule has 0 atom stereocenters. The van der Waals surface area contributed by atoms with E-state index in [1.54, 1.807) is 13.0 Å². The zero-order chi connectivity index (χ0) is 15.7. The van der Waals surface area contributed by atoms with Crippen molar-refractivity contribution in [3.8, 4) is 0 Å². The average Bonchev–Trinajstić information content (AvgIpc) is 2.40. The third-order valence-corrected chi connectivity index (χ3v) is 3.97. The van der Waals surface area contributed by atoms with Crippen LogP contribution in [0.2, 0.25) is 0 Å². The molecule has 1 heterocycles. The van der Waals surface area contributed by atoms with Gasteiger partial charge in [-0.1, -0.05) is 12.1 Å². The third-order valence-electron chi connectivity index (χ3n) is 2.62. The van der Waals surface area contributed by atoms with Crippen molar-refractivity contribution in [1.29, 1.82) is 0 Å². The van der Waals surface area contributed by atoms with Crippen LogP contribution in [0.5, 0.6) is 0 Å². The van der Waals surface area contributed by atoms with Gasteiger partial charge in [0.25, 0.3) is 10.0 Å². The molecule has 4 nitrogen and oxygen atoms in total. The van der Waals surface area contributed by atoms with Gasteiger partial charge in [-0.2, -0.15) is 13.2 Å². The molecule has 0 spiro atoms. The van der Waals surface area contributed by atoms with Crippen LogP contribution in [0, 0.1) is 6.92 Å². The predicted molar refractivity (Wildman–Crippen MR) is 71.2 cm³/mol. The van der Waals surface area contributed by atoms with E-state index in [1.807, 2.05) is 0 Å². The van der Waals surface area contributed by atoms with Crippen LogP contribution in [0.4, 0.5) is 19.0 Å². The highest BCUT2D eigenvalue weighted by Gasteiger charge is 2.31. The molecule has 8 heteroatoms. The number of nitrogens with one attached hydrogen (secondary N) is 1. The van der Waals surface area contributed by atoms with E-state index in [2.05, 4.69) is 9.71 Å². The zero-order valence-electron chi connectivity index (χ0n) is 10.8. The SMILES string of the molecule is Cc1ccc(NS(=O)(=O)c2cccc(C(F)(F)F)c2)nc1. The molecule has 1 N–H and O–H groups in total. The summed E-state index contributed by atoms with van der Waals surface area (Å²) < 4.78 is 64.0. The van der Waals surface area contributed by atoms with Crippen molar-refractivity contribution in [3.63, 3.8) is 0 Å². The van der Waals surface area contributed by atoms with Gasteiger partial charge < -0.3 is 0 Å². The monoisotopic (exact) mass is 316 g/mol. The van der Waals surface area contributed by atoms with Gasteiger partial charge >= 0.3 is 6.18 Å². The van der Waals surface area contributed by atoms with Gasteiger partial charge in [0.2, 0.25) is 0 Å². The van der Waals surface area contributed by atoms with E-state index >= 15 is 0 Å². The van der Waals surface area contributed by atoms with Crippen LogP contribution in [0.1, 0.15) is 11.1 Å². The Bertz CT molecular complexity index is 741. The highest BCUT2D eigenvalue weighted by atomic mass is 32.2. The smallest absolute Gasteiger partial charge is 0.263 e. The lowest BCUT2D eigenvalue weighted by atomic mass is 10.2. The molecule has 112 valence electrons. The lowest BCUT2D eigenvalue weighted by Crippen LogP contribution is -2.15. The van der Waals surface area contributed by atoms with Crippen molar-refractivity contribution in [1.82, 2.24) is 4.98 Å². The molecule has 0 unspecified atom stereocenters. The Balaban J connectivity index is 2.34. The van der Waals surface area contributed by atoms with Crippen molar-refractivity contribution in [2.75, 3.05) is 4.72 Å². The maximum absolute atomic E-state index is 12.6. The standard InChI is InChI=1S/C13H11F3N2O2S/c1-9-5-6-12(17-8-9)18-21(19,20)11-4-2-3-10(7-11)13(14,15)16/h2-8H,1H3,(H,17,18). The molecule has 0 aliphatic heterocycles. The third kappa shape index (κ3) is 3.72. The van der Waals surface area contributed by atoms with Crippen LogP contribution in [-0.4, -0.2) is 13.4 Å². The van der Waals surface area contributed by atoms with Crippen LogP contribution in [0.15, 0.2) is 47.5 Å². The van der Waals surface area contributed by atoms with Gasteiger partial charge in [-0.15, -0.1) is 0 Å². The summed E-state index contributed by atoms with van der Waals surface area (Å²) in [6, 6.07) is 6.59. The number of pyridine rings is 1. The van der Waals surface area contributed by atoms with Crippen LogP contribution >= 0.6 is 0 Å². The average molecular weight is 316 g/mol. The zero-order valence-corrected chi connectivity index (χ0v) is 11.7. The number of rotatable bonds is 3. The Morgan fingerprint density at radius 3 is 2.43 bits per heavy atom. The summed E-state index contributed by atoms with van der Waals surface area (Å²) >= 11 is 0. The minimum atomic E-state index is -4.60. The van der Waals surface area contributed by atoms with Gasteiger partial charge in [0, 0.05) is 6.20 Å². The van der Waals surface area contributed by atoms with E-state index < -0.39 is 26.7 Å². The van der Waals surface area contributed by atoms with Gasteiger partial charge in [-0.25, -0.2) is 13.4 Å². The summed E-state index contributed by atoms with van der Waals surface area (Å²) in [6.45, 7) is 1.78. The van der Waals surface area contributed by atoms with Crippen molar-refractivity contribution in [2.24, 2.45) is 0 Å². The molecule has 1 aromatic carbocycles. The molecule has 0 aliphatic carbocycles. The fraction of sp³-hybridized carbons (Fsp3) is 0.154. The summed E-state index contributed by atoms with van der Waals surface area (Å²) in [6.07, 6.45) is -3.16. The maximum Gasteiger partial charge on any atom is 0.416 e. The molecule has 0 radical (unpaired) electrons. The summed E-state index contributed by atoms with van der Waals surface area (Å²) in [5, 5.41) is 0. The molecule has 2 aromatic rings. The minimum absolute atomic E-state index is 0.0398. The van der Waals surface area contributed by atoms with E-state index in [1.165, 1.54) is 12.3 Å². The van der Waals surface area contributed by atoms with E-state index in [9.17, 15) is 21.6 Å². The van der Waals surface area contributed by atoms with Gasteiger partial charge in [0.1, 0.15) is 5.82 Å². The molecule has 2 rings (SSSR count). The second-order valence-corrected chi connectivity index (χ2v) is 6.03. The van der Waals surface area contributed by atoms with Crippen molar-refractivity contribution >= 4 is 15.8 Å². The number of alkyl halides is 3. The number of benzene rings is 1. The van der Waals surface area contributed by atoms with E-state index in [4.69, 9.17) is 0 Å². The number of aryl methyl sites for hydroxylation is 1. The van der Waals surface area contributed by atoms with Crippen LogP contribution in [0.25, 0.3) is 0 Å². The molecule has 0 bridgehead atoms. The molecular weight excluding hydrogens is 305 g/mol. The largest absolute Gasteiger partial charge is 0.416 e. The minimum Gasteiger partial charge on any atom is -0.263 e. The Morgan fingerprint density at radius 1 is 1.14 bits per heavy atom. The first-order chi connectivity index (χ1) is 9.68. The number of hydrogen-bond acceptors (Lipinski definition) is 3. The number of aromatic nitrogens is 1. The van der Waals surface area contributed by atoms with Crippen LogP contribution in [0.3, 0.4) is 0 Å². The van der Waals surface area contributed by atoms with Gasteiger partial charge in [0.05, 0.1) is 10.5 Å². The molecule has 0 amide bonds. The number of halogens is 3. The van der Waals surface area contributed by atoms with Crippen molar-refractivity contribution in [2.45, 2.75) is 18.0 Å². The lowest BCUT2D eigenvalue weighted by Gasteiger charge is -2.10. The highest BCUT2D eigenvalue weighted by Crippen LogP contribution is 2.30. The first-order valence-corrected chi connectivity index (χ1v) is 7.29. The second-order valence-electron chi connectivity index (χ2n) is 4.35. The first-order valence-electron chi connectivity index (χ1n) is 5.81. The molecule has 0 saturated heterocycles. The van der Waals surface area contributed by atoms with E-state index in [-0.39, 0.29) is 5.82 Å². The summed E-state index contributed by atoms with van der Waals surface area (Å²) in [5.74, 6) is 0.0398. The predicted octanol–water partition coefficient (Wildman–Crippen LogP) is 3.21. The molecule has 0 saturated carbocycles. The van der Waals surface area contributed by atoms with Gasteiger partial charge in [0.15, 0.2) is 0 Å². The van der Waals surface area contributed by atoms with E-state index in [0.29, 0.717) is 6.07 Å². The number of hydrogen-bond donors (Lipinski definition) is 1. The van der Waals surface area contributed by atoms with Crippen LogP contribution < -0.4 is 4.72 Å².